The second kappa shape index (κ2) is 15.1. The molecule has 3 heterocycles. The van der Waals surface area contributed by atoms with E-state index in [1.54, 1.807) is 49.6 Å². The highest BCUT2D eigenvalue weighted by Gasteiger charge is 2.58. The number of anilines is 5. The fourth-order valence-corrected chi connectivity index (χ4v) is 7.82. The molecule has 0 radical (unpaired) electrons. The molecule has 0 aliphatic heterocycles. The van der Waals surface area contributed by atoms with Crippen LogP contribution in [0, 0.1) is 60.2 Å². The maximum absolute atomic E-state index is 13.7. The number of fused-ring (bicyclic) bond motifs is 2. The lowest BCUT2D eigenvalue weighted by Crippen LogP contribution is -2.33. The minimum absolute atomic E-state index is 0.0719. The van der Waals surface area contributed by atoms with Crippen LogP contribution in [0.5, 0.6) is 0 Å². The van der Waals surface area contributed by atoms with Gasteiger partial charge in [-0.2, -0.15) is 23.7 Å². The number of aryl methyl sites for hydroxylation is 1. The lowest BCUT2D eigenvalue weighted by atomic mass is 9.95. The van der Waals surface area contributed by atoms with Crippen molar-refractivity contribution < 1.29 is 27.6 Å². The Morgan fingerprint density at radius 2 is 1.39 bits per heavy atom. The van der Waals surface area contributed by atoms with Crippen LogP contribution in [0.3, 0.4) is 0 Å². The number of carbonyl (C=O) groups excluding carboxylic acids is 3. The van der Waals surface area contributed by atoms with Crippen molar-refractivity contribution in [3.8, 4) is 34.4 Å². The number of hydrogen-bond donors (Lipinski definition) is 6. The van der Waals surface area contributed by atoms with Crippen LogP contribution in [-0.4, -0.2) is 45.4 Å². The molecule has 8 rings (SSSR count). The summed E-state index contributed by atoms with van der Waals surface area (Å²) in [5.74, 6) is -3.74. The van der Waals surface area contributed by atoms with Gasteiger partial charge in [-0.1, -0.05) is 6.07 Å². The Kier molecular flexibility index (Phi) is 9.91. The van der Waals surface area contributed by atoms with Crippen LogP contribution >= 0.6 is 0 Å². The van der Waals surface area contributed by atoms with Gasteiger partial charge in [-0.25, -0.2) is 9.97 Å². The topological polar surface area (TPSA) is 252 Å². The van der Waals surface area contributed by atoms with E-state index in [1.165, 1.54) is 18.3 Å². The van der Waals surface area contributed by atoms with Crippen molar-refractivity contribution in [2.24, 2.45) is 23.7 Å². The molecule has 6 aromatic rings. The van der Waals surface area contributed by atoms with Gasteiger partial charge < -0.3 is 33.2 Å². The van der Waals surface area contributed by atoms with E-state index in [-0.39, 0.29) is 29.1 Å². The third-order valence-corrected chi connectivity index (χ3v) is 11.3. The van der Waals surface area contributed by atoms with Crippen LogP contribution in [0.1, 0.15) is 39.5 Å². The van der Waals surface area contributed by atoms with Crippen LogP contribution in [0.2, 0.25) is 0 Å². The fourth-order valence-electron chi connectivity index (χ4n) is 7.82. The van der Waals surface area contributed by atoms with Gasteiger partial charge in [-0.05, 0) is 107 Å². The third kappa shape index (κ3) is 7.76. The van der Waals surface area contributed by atoms with E-state index in [4.69, 9.17) is 22.5 Å². The highest BCUT2D eigenvalue weighted by Crippen LogP contribution is 2.55. The fraction of sp³-hybridized carbons (Fsp3) is 0.227. The molecule has 5 atom stereocenters. The van der Waals surface area contributed by atoms with E-state index in [9.17, 15) is 32.8 Å². The molecule has 3 amide bonds. The molecule has 2 fully saturated rings. The Morgan fingerprint density at radius 3 is 1.95 bits per heavy atom. The van der Waals surface area contributed by atoms with Gasteiger partial charge in [-0.3, -0.25) is 19.4 Å². The molecule has 2 aliphatic rings. The number of nitrogens with two attached hydrogens (primary N) is 3. The number of benzene rings is 3. The van der Waals surface area contributed by atoms with E-state index in [2.05, 4.69) is 37.7 Å². The van der Waals surface area contributed by atoms with Gasteiger partial charge in [0.25, 0.3) is 5.91 Å². The monoisotopic (exact) mass is 823 g/mol. The number of alkyl halides is 3. The van der Waals surface area contributed by atoms with Crippen LogP contribution in [0.25, 0.3) is 43.8 Å². The molecule has 3 aromatic carbocycles. The van der Waals surface area contributed by atoms with Crippen molar-refractivity contribution in [1.82, 2.24) is 20.3 Å². The molecule has 306 valence electrons. The molecule has 9 N–H and O–H groups in total. The lowest BCUT2D eigenvalue weighted by Gasteiger charge is -2.15. The molecule has 2 aliphatic carbocycles. The number of rotatable bonds is 9. The number of aromatic nitrogens is 3. The van der Waals surface area contributed by atoms with Gasteiger partial charge in [0.15, 0.2) is 0 Å². The number of halogens is 3. The van der Waals surface area contributed by atoms with Crippen molar-refractivity contribution in [3.05, 3.63) is 95.6 Å². The number of carbonyl (C=O) groups is 3. The Hall–Kier alpha value is -7.79. The van der Waals surface area contributed by atoms with E-state index in [0.717, 1.165) is 0 Å². The van der Waals surface area contributed by atoms with Gasteiger partial charge in [0.05, 0.1) is 47.2 Å². The summed E-state index contributed by atoms with van der Waals surface area (Å²) in [6, 6.07) is 19.4. The normalized spacial score (nSPS) is 19.1. The van der Waals surface area contributed by atoms with Gasteiger partial charge in [-0.15, -0.1) is 0 Å². The molecule has 0 spiro atoms. The maximum Gasteiger partial charge on any atom is 0.405 e. The summed E-state index contributed by atoms with van der Waals surface area (Å²) in [6.07, 6.45) is 0.704. The summed E-state index contributed by atoms with van der Waals surface area (Å²) in [5, 5.41) is 29.2. The summed E-state index contributed by atoms with van der Waals surface area (Å²) in [6.45, 7) is 2.10. The Labute approximate surface area is 346 Å². The highest BCUT2D eigenvalue weighted by molar-refractivity contribution is 6.03. The number of hydrogen-bond acceptors (Lipinski definition) is 11. The average molecular weight is 824 g/mol. The summed E-state index contributed by atoms with van der Waals surface area (Å²) in [7, 11) is 0. The van der Waals surface area contributed by atoms with Crippen LogP contribution in [-0.2, 0) is 9.59 Å². The maximum atomic E-state index is 13.7. The summed E-state index contributed by atoms with van der Waals surface area (Å²) < 4.78 is 37.9. The summed E-state index contributed by atoms with van der Waals surface area (Å²) >= 11 is 0. The molecular formula is C44H36F3N11O3. The van der Waals surface area contributed by atoms with Crippen LogP contribution < -0.4 is 33.2 Å². The average Bonchev–Trinajstić information content (AvgIpc) is 4.15. The predicted octanol–water partition coefficient (Wildman–Crippen LogP) is 6.76. The van der Waals surface area contributed by atoms with Crippen molar-refractivity contribution >= 4 is 68.0 Å². The number of nitrogens with zero attached hydrogens (tertiary/aromatic N) is 5. The van der Waals surface area contributed by atoms with Crippen molar-refractivity contribution in [3.63, 3.8) is 0 Å². The van der Waals surface area contributed by atoms with Crippen molar-refractivity contribution in [1.29, 1.82) is 10.5 Å². The number of pyridine rings is 3. The zero-order valence-corrected chi connectivity index (χ0v) is 32.6. The van der Waals surface area contributed by atoms with Crippen LogP contribution in [0.4, 0.5) is 41.9 Å². The molecule has 1 unspecified atom stereocenters. The van der Waals surface area contributed by atoms with Gasteiger partial charge in [0, 0.05) is 57.8 Å². The first-order chi connectivity index (χ1) is 29.0. The number of amides is 3. The lowest BCUT2D eigenvalue weighted by molar-refractivity contribution is -0.123. The van der Waals surface area contributed by atoms with E-state index < -0.39 is 42.3 Å². The van der Waals surface area contributed by atoms with Gasteiger partial charge >= 0.3 is 6.18 Å². The van der Waals surface area contributed by atoms with Gasteiger partial charge in [0.1, 0.15) is 18.2 Å². The Balaban J connectivity index is 0.998. The quantitative estimate of drug-likeness (QED) is 0.0831. The van der Waals surface area contributed by atoms with Gasteiger partial charge in [0.2, 0.25) is 11.8 Å². The molecule has 0 bridgehead atoms. The smallest absolute Gasteiger partial charge is 0.398 e. The predicted molar refractivity (Wildman–Crippen MR) is 223 cm³/mol. The standard InChI is InChI=1S/C44H36F3N11O3/c1-19-5-21(41(59)56-18-44(45,46)47)3-4-27(19)22-6-24-12-36(54-17-31(24)33(50)9-22)58-43(61)38-29(14-49)37(38)40-39(52)20(2)30(15-55-40)23-7-25-11-35(53-16-32(25)34(51)10-23)57-42(60)28-8-26(28)13-48/h3-7,9-12,15-17,26,28-29,37-38H,8,18,50-52H2,1-2H3,(H,56,59)(H,53,57,60)(H,54,58,61)/t26-,28+,29-,37?,38+/m0/s1. The number of nitrogen functional groups attached to an aromatic ring is 3. The molecule has 3 aromatic heterocycles. The first-order valence-corrected chi connectivity index (χ1v) is 19.1. The first-order valence-electron chi connectivity index (χ1n) is 19.1. The first kappa shape index (κ1) is 40.0. The minimum atomic E-state index is -4.54. The van der Waals surface area contributed by atoms with E-state index >= 15 is 0 Å². The Bertz CT molecular complexity index is 2940. The van der Waals surface area contributed by atoms with Crippen LogP contribution in [0.15, 0.2) is 73.2 Å². The second-order valence-corrected chi connectivity index (χ2v) is 15.4. The SMILES string of the molecule is Cc1cc(C(=O)NCC(F)(F)F)ccc1-c1cc(N)c2cnc(NC(=O)[C@H]3C(c4ncc(-c5cc(N)c6cnc(NC(=O)[C@@H]7C[C@H]7C#N)cc6c5)c(C)c4N)[C@@H]3C#N)cc2c1. The molecule has 14 nitrogen and oxygen atoms in total. The van der Waals surface area contributed by atoms with Crippen molar-refractivity contribution in [2.75, 3.05) is 34.4 Å². The summed E-state index contributed by atoms with van der Waals surface area (Å²) in [5.41, 5.74) is 25.2. The zero-order chi connectivity index (χ0) is 43.5. The second-order valence-electron chi connectivity index (χ2n) is 15.4. The summed E-state index contributed by atoms with van der Waals surface area (Å²) in [4.78, 5) is 52.0. The van der Waals surface area contributed by atoms with E-state index in [1.807, 2.05) is 24.4 Å². The number of nitriles is 2. The molecule has 61 heavy (non-hydrogen) atoms. The molecule has 2 saturated carbocycles. The molecule has 17 heteroatoms. The minimum Gasteiger partial charge on any atom is -0.398 e. The zero-order valence-electron chi connectivity index (χ0n) is 32.6. The van der Waals surface area contributed by atoms with Crippen molar-refractivity contribution in [2.45, 2.75) is 32.4 Å². The highest BCUT2D eigenvalue weighted by atomic mass is 19.4. The Morgan fingerprint density at radius 1 is 0.787 bits per heavy atom. The van der Waals surface area contributed by atoms with E-state index in [0.29, 0.717) is 89.9 Å². The third-order valence-electron chi connectivity index (χ3n) is 11.3. The molecule has 0 saturated heterocycles. The number of nitrogens with one attached hydrogen (secondary N) is 3. The molecular weight excluding hydrogens is 788 g/mol. The largest absolute Gasteiger partial charge is 0.405 e.